The molecule has 1 amide bonds. The molecule has 0 fully saturated rings. The van der Waals surface area contributed by atoms with E-state index < -0.39 is 17.6 Å². The lowest BCUT2D eigenvalue weighted by Gasteiger charge is -2.15. The third-order valence-electron chi connectivity index (χ3n) is 3.00. The van der Waals surface area contributed by atoms with Crippen molar-refractivity contribution in [3.8, 4) is 0 Å². The predicted molar refractivity (Wildman–Crippen MR) is 94.0 cm³/mol. The number of carbonyl (C=O) groups excluding carboxylic acids is 1. The summed E-state index contributed by atoms with van der Waals surface area (Å²) in [5.41, 5.74) is -0.596. The second kappa shape index (κ2) is 8.41. The van der Waals surface area contributed by atoms with Crippen LogP contribution >= 0.6 is 23.2 Å². The molecule has 1 heterocycles. The maximum absolute atomic E-state index is 13.1. The number of hydrogen-bond acceptors (Lipinski definition) is 5. The molecule has 1 aromatic carbocycles. The molecule has 0 aliphatic rings. The fraction of sp³-hybridized carbons (Fsp3) is 0.267. The van der Waals surface area contributed by atoms with Crippen LogP contribution in [0.2, 0.25) is 10.0 Å². The molecule has 0 bridgehead atoms. The summed E-state index contributed by atoms with van der Waals surface area (Å²) in [6.07, 6.45) is -3.96. The van der Waals surface area contributed by atoms with Crippen LogP contribution in [0, 0.1) is 0 Å². The standard InChI is InChI=1S/C15H14Cl2F3N5O/c1-8(26)21-2-3-22-13-12(15(18,19)20)7-23-14(25-13)24-11-5-9(16)4-10(17)6-11/h4-7H,2-3H2,1H3,(H,21,26)(H2,22,23,24,25). The molecule has 0 saturated carbocycles. The zero-order valence-corrected chi connectivity index (χ0v) is 14.9. The zero-order chi connectivity index (χ0) is 19.3. The van der Waals surface area contributed by atoms with E-state index in [1.165, 1.54) is 25.1 Å². The molecule has 11 heteroatoms. The van der Waals surface area contributed by atoms with Gasteiger partial charge in [-0.05, 0) is 18.2 Å². The van der Waals surface area contributed by atoms with Gasteiger partial charge >= 0.3 is 6.18 Å². The van der Waals surface area contributed by atoms with Crippen LogP contribution in [-0.4, -0.2) is 29.0 Å². The lowest BCUT2D eigenvalue weighted by molar-refractivity contribution is -0.137. The molecule has 0 unspecified atom stereocenters. The molecule has 2 rings (SSSR count). The molecule has 0 atom stereocenters. The van der Waals surface area contributed by atoms with Gasteiger partial charge in [-0.3, -0.25) is 4.79 Å². The fourth-order valence-electron chi connectivity index (χ4n) is 1.96. The number of rotatable bonds is 6. The third kappa shape index (κ3) is 5.92. The van der Waals surface area contributed by atoms with Crippen LogP contribution in [0.3, 0.4) is 0 Å². The Bertz CT molecular complexity index is 781. The van der Waals surface area contributed by atoms with Crippen molar-refractivity contribution in [2.45, 2.75) is 13.1 Å². The highest BCUT2D eigenvalue weighted by molar-refractivity contribution is 6.35. The summed E-state index contributed by atoms with van der Waals surface area (Å²) in [7, 11) is 0. The molecule has 0 aliphatic carbocycles. The van der Waals surface area contributed by atoms with Gasteiger partial charge < -0.3 is 16.0 Å². The number of benzene rings is 1. The Labute approximate surface area is 157 Å². The Balaban J connectivity index is 2.22. The molecule has 0 saturated heterocycles. The van der Waals surface area contributed by atoms with Crippen LogP contribution in [0.15, 0.2) is 24.4 Å². The second-order valence-electron chi connectivity index (χ2n) is 5.15. The molecular weight excluding hydrogens is 394 g/mol. The predicted octanol–water partition coefficient (Wildman–Crippen LogP) is 4.09. The zero-order valence-electron chi connectivity index (χ0n) is 13.4. The van der Waals surface area contributed by atoms with E-state index >= 15 is 0 Å². The van der Waals surface area contributed by atoms with Crippen molar-refractivity contribution >= 4 is 46.6 Å². The molecule has 0 aliphatic heterocycles. The maximum atomic E-state index is 13.1. The molecule has 1 aromatic heterocycles. The Morgan fingerprint density at radius 2 is 1.81 bits per heavy atom. The number of nitrogens with zero attached hydrogens (tertiary/aromatic N) is 2. The summed E-state index contributed by atoms with van der Waals surface area (Å²) in [4.78, 5) is 18.4. The van der Waals surface area contributed by atoms with E-state index in [2.05, 4.69) is 25.9 Å². The van der Waals surface area contributed by atoms with E-state index in [0.29, 0.717) is 21.9 Å². The number of nitrogens with one attached hydrogen (secondary N) is 3. The summed E-state index contributed by atoms with van der Waals surface area (Å²) in [5.74, 6) is -0.766. The molecule has 2 aromatic rings. The van der Waals surface area contributed by atoms with E-state index in [1.807, 2.05) is 0 Å². The van der Waals surface area contributed by atoms with Crippen molar-refractivity contribution < 1.29 is 18.0 Å². The van der Waals surface area contributed by atoms with Gasteiger partial charge in [0.1, 0.15) is 11.4 Å². The number of hydrogen-bond donors (Lipinski definition) is 3. The van der Waals surface area contributed by atoms with Gasteiger partial charge in [0.25, 0.3) is 0 Å². The minimum Gasteiger partial charge on any atom is -0.368 e. The number of alkyl halides is 3. The normalized spacial score (nSPS) is 11.2. The first-order valence-corrected chi connectivity index (χ1v) is 8.06. The van der Waals surface area contributed by atoms with Crippen LogP contribution in [0.5, 0.6) is 0 Å². The Kier molecular flexibility index (Phi) is 6.49. The third-order valence-corrected chi connectivity index (χ3v) is 3.44. The van der Waals surface area contributed by atoms with Crippen molar-refractivity contribution in [1.82, 2.24) is 15.3 Å². The number of aromatic nitrogens is 2. The average Bonchev–Trinajstić information content (AvgIpc) is 2.49. The van der Waals surface area contributed by atoms with Crippen LogP contribution in [0.4, 0.5) is 30.6 Å². The van der Waals surface area contributed by atoms with E-state index in [-0.39, 0.29) is 24.9 Å². The van der Waals surface area contributed by atoms with E-state index in [0.717, 1.165) is 0 Å². The van der Waals surface area contributed by atoms with Gasteiger partial charge in [0.05, 0.1) is 0 Å². The highest BCUT2D eigenvalue weighted by atomic mass is 35.5. The van der Waals surface area contributed by atoms with E-state index in [4.69, 9.17) is 23.2 Å². The minimum atomic E-state index is -4.63. The van der Waals surface area contributed by atoms with Crippen molar-refractivity contribution in [1.29, 1.82) is 0 Å². The van der Waals surface area contributed by atoms with Gasteiger partial charge in [-0.1, -0.05) is 23.2 Å². The van der Waals surface area contributed by atoms with Gasteiger partial charge in [-0.15, -0.1) is 0 Å². The summed E-state index contributed by atoms with van der Waals surface area (Å²) < 4.78 is 39.3. The quantitative estimate of drug-likeness (QED) is 0.628. The largest absolute Gasteiger partial charge is 0.421 e. The molecule has 6 nitrogen and oxygen atoms in total. The average molecular weight is 408 g/mol. The van der Waals surface area contributed by atoms with Crippen molar-refractivity contribution in [2.75, 3.05) is 23.7 Å². The Hall–Kier alpha value is -2.26. The maximum Gasteiger partial charge on any atom is 0.421 e. The first-order chi connectivity index (χ1) is 12.1. The molecule has 26 heavy (non-hydrogen) atoms. The second-order valence-corrected chi connectivity index (χ2v) is 6.02. The van der Waals surface area contributed by atoms with Crippen LogP contribution in [-0.2, 0) is 11.0 Å². The van der Waals surface area contributed by atoms with Gasteiger partial charge in [-0.2, -0.15) is 18.2 Å². The van der Waals surface area contributed by atoms with Gasteiger partial charge in [0.2, 0.25) is 11.9 Å². The summed E-state index contributed by atoms with van der Waals surface area (Å²) in [5, 5.41) is 8.46. The number of anilines is 3. The topological polar surface area (TPSA) is 78.9 Å². The van der Waals surface area contributed by atoms with Gasteiger partial charge in [-0.25, -0.2) is 4.98 Å². The Morgan fingerprint density at radius 1 is 1.15 bits per heavy atom. The monoisotopic (exact) mass is 407 g/mol. The van der Waals surface area contributed by atoms with E-state index in [1.54, 1.807) is 0 Å². The molecular formula is C15H14Cl2F3N5O. The molecule has 3 N–H and O–H groups in total. The van der Waals surface area contributed by atoms with Crippen molar-refractivity contribution in [3.63, 3.8) is 0 Å². The fourth-order valence-corrected chi connectivity index (χ4v) is 2.48. The number of halogens is 5. The van der Waals surface area contributed by atoms with Crippen molar-refractivity contribution in [2.24, 2.45) is 0 Å². The van der Waals surface area contributed by atoms with Crippen LogP contribution in [0.1, 0.15) is 12.5 Å². The lowest BCUT2D eigenvalue weighted by Crippen LogP contribution is -2.27. The lowest BCUT2D eigenvalue weighted by atomic mass is 10.3. The summed E-state index contributed by atoms with van der Waals surface area (Å²) in [6.45, 7) is 1.51. The smallest absolute Gasteiger partial charge is 0.368 e. The highest BCUT2D eigenvalue weighted by Gasteiger charge is 2.35. The highest BCUT2D eigenvalue weighted by Crippen LogP contribution is 2.34. The molecule has 140 valence electrons. The van der Waals surface area contributed by atoms with Crippen LogP contribution < -0.4 is 16.0 Å². The molecule has 0 spiro atoms. The summed E-state index contributed by atoms with van der Waals surface area (Å²) >= 11 is 11.8. The van der Waals surface area contributed by atoms with Gasteiger partial charge in [0, 0.05) is 41.9 Å². The minimum absolute atomic E-state index is 0.0576. The Morgan fingerprint density at radius 3 is 2.38 bits per heavy atom. The first kappa shape index (κ1) is 20.1. The van der Waals surface area contributed by atoms with Crippen LogP contribution in [0.25, 0.3) is 0 Å². The van der Waals surface area contributed by atoms with Crippen molar-refractivity contribution in [3.05, 3.63) is 40.0 Å². The first-order valence-electron chi connectivity index (χ1n) is 7.31. The summed E-state index contributed by atoms with van der Waals surface area (Å²) in [6, 6.07) is 4.56. The van der Waals surface area contributed by atoms with E-state index in [9.17, 15) is 18.0 Å². The molecule has 0 radical (unpaired) electrons. The number of amides is 1. The number of carbonyl (C=O) groups is 1. The van der Waals surface area contributed by atoms with Gasteiger partial charge in [0.15, 0.2) is 0 Å². The SMILES string of the molecule is CC(=O)NCCNc1nc(Nc2cc(Cl)cc(Cl)c2)ncc1C(F)(F)F.